The molecule has 6 aliphatic heterocycles. The molecule has 0 bridgehead atoms. The molecule has 0 N–H and O–H groups in total. The van der Waals surface area contributed by atoms with Gasteiger partial charge in [-0.2, -0.15) is 0 Å². The number of aryl methyl sites for hydroxylation is 2. The molecule has 122 heavy (non-hydrogen) atoms. The highest BCUT2D eigenvalue weighted by Crippen LogP contribution is 2.49. The van der Waals surface area contributed by atoms with E-state index >= 15 is 0 Å². The maximum atomic E-state index is 8.05. The van der Waals surface area contributed by atoms with E-state index in [0.29, 0.717) is 0 Å². The van der Waals surface area contributed by atoms with E-state index in [0.717, 1.165) is 135 Å². The van der Waals surface area contributed by atoms with Crippen LogP contribution in [0, 0.1) is 13.8 Å². The summed E-state index contributed by atoms with van der Waals surface area (Å²) in [4.78, 5) is 5.25. The van der Waals surface area contributed by atoms with E-state index < -0.39 is 30.9 Å². The van der Waals surface area contributed by atoms with Crippen LogP contribution in [0.5, 0.6) is 46.0 Å². The van der Waals surface area contributed by atoms with E-state index in [1.54, 1.807) is 0 Å². The first-order chi connectivity index (χ1) is 60.3. The van der Waals surface area contributed by atoms with Crippen molar-refractivity contribution < 1.29 is 18.9 Å². The Kier molecular flexibility index (Phi) is 16.7. The molecule has 0 saturated carbocycles. The Bertz CT molecular complexity index is 6550. The van der Waals surface area contributed by atoms with Gasteiger partial charge in [0.2, 0.25) is 0 Å². The fourth-order valence-electron chi connectivity index (χ4n) is 21.9. The molecule has 6 aliphatic rings. The zero-order valence-corrected chi connectivity index (χ0v) is 70.3. The Labute approximate surface area is 715 Å². The van der Waals surface area contributed by atoms with Crippen LogP contribution in [0.3, 0.4) is 0 Å². The second-order valence-electron chi connectivity index (χ2n) is 33.2. The molecule has 572 valence electrons. The number of nitrogens with zero attached hydrogens (tertiary/aromatic N) is 2. The summed E-state index contributed by atoms with van der Waals surface area (Å²) in [5, 5.41) is 15.0. The third-order valence-corrected chi connectivity index (χ3v) is 41.2. The number of ether oxygens (including phenoxy) is 4. The summed E-state index contributed by atoms with van der Waals surface area (Å²) in [5.41, 5.74) is 18.6. The van der Waals surface area contributed by atoms with E-state index in [-0.39, 0.29) is 13.4 Å². The molecule has 0 unspecified atom stereocenters. The smallest absolute Gasteiger partial charge is 0.260 e. The van der Waals surface area contributed by atoms with Gasteiger partial charge < -0.3 is 28.7 Å². The van der Waals surface area contributed by atoms with Crippen molar-refractivity contribution in [1.82, 2.24) is 0 Å². The quantitative estimate of drug-likeness (QED) is 0.0798. The Morgan fingerprint density at radius 1 is 0.172 bits per heavy atom. The van der Waals surface area contributed by atoms with E-state index in [4.69, 9.17) is 18.9 Å². The topological polar surface area (TPSA) is 43.4 Å². The summed E-state index contributed by atoms with van der Waals surface area (Å²) in [5.74, 6) is 6.43. The number of hydrogen-bond acceptors (Lipinski definition) is 6. The van der Waals surface area contributed by atoms with E-state index in [9.17, 15) is 0 Å². The zero-order valence-electron chi connectivity index (χ0n) is 67.3. The van der Waals surface area contributed by atoms with Crippen LogP contribution in [0.4, 0.5) is 34.1 Å². The highest BCUT2D eigenvalue weighted by Gasteiger charge is 2.54. The van der Waals surface area contributed by atoms with Gasteiger partial charge in [0.15, 0.2) is 24.2 Å². The van der Waals surface area contributed by atoms with Crippen molar-refractivity contribution >= 4 is 190 Å². The van der Waals surface area contributed by atoms with Crippen molar-refractivity contribution in [2.45, 2.75) is 13.8 Å². The average Bonchev–Trinajstić information content (AvgIpc) is 0.677. The monoisotopic (exact) mass is 1610 g/mol. The minimum absolute atomic E-state index is 0.298. The predicted molar refractivity (Wildman–Crippen MR) is 516 cm³/mol. The highest BCUT2D eigenvalue weighted by molar-refractivity contribution is 7.21. The third kappa shape index (κ3) is 10.6. The van der Waals surface area contributed by atoms with Crippen molar-refractivity contribution in [3.8, 4) is 46.0 Å². The van der Waals surface area contributed by atoms with E-state index in [1.165, 1.54) is 67.7 Å². The molecule has 0 radical (unpaired) electrons. The molecular formula is C110H77B3N2O4Si3. The molecule has 0 atom stereocenters. The van der Waals surface area contributed by atoms with Crippen LogP contribution in [-0.2, 0) is 0 Å². The first-order valence-corrected chi connectivity index (χ1v) is 48.4. The number of benzene rings is 18. The minimum atomic E-state index is -3.41. The highest BCUT2D eigenvalue weighted by atomic mass is 28.3. The summed E-state index contributed by atoms with van der Waals surface area (Å²) < 4.78 is 31.0. The molecule has 0 aromatic heterocycles. The zero-order chi connectivity index (χ0) is 80.8. The van der Waals surface area contributed by atoms with Crippen LogP contribution in [0.15, 0.2) is 431 Å². The van der Waals surface area contributed by atoms with Crippen LogP contribution >= 0.6 is 0 Å². The molecule has 18 aromatic rings. The van der Waals surface area contributed by atoms with Crippen molar-refractivity contribution in [2.24, 2.45) is 0 Å². The second-order valence-corrected chi connectivity index (χ2v) is 44.6. The van der Waals surface area contributed by atoms with Crippen molar-refractivity contribution in [3.05, 3.63) is 442 Å². The Balaban J connectivity index is 0.812. The average molecular weight is 1610 g/mol. The van der Waals surface area contributed by atoms with Crippen LogP contribution in [0.2, 0.25) is 0 Å². The maximum absolute atomic E-state index is 8.05. The summed E-state index contributed by atoms with van der Waals surface area (Å²) in [6, 6.07) is 162. The van der Waals surface area contributed by atoms with Gasteiger partial charge in [-0.25, -0.2) is 0 Å². The second kappa shape index (κ2) is 28.4. The van der Waals surface area contributed by atoms with Gasteiger partial charge in [-0.05, 0) is 186 Å². The maximum Gasteiger partial charge on any atom is 0.260 e. The molecule has 18 aromatic carbocycles. The molecule has 0 amide bonds. The summed E-state index contributed by atoms with van der Waals surface area (Å²) in [6.45, 7) is 3.57. The first kappa shape index (κ1) is 71.7. The summed E-state index contributed by atoms with van der Waals surface area (Å²) in [7, 11) is -9.76. The van der Waals surface area contributed by atoms with Crippen LogP contribution < -0.4 is 140 Å². The first-order valence-electron chi connectivity index (χ1n) is 42.4. The van der Waals surface area contributed by atoms with E-state index in [1.807, 2.05) is 0 Å². The lowest BCUT2D eigenvalue weighted by Crippen LogP contribution is -2.75. The molecular weight excluding hydrogens is 1530 g/mol. The molecule has 24 rings (SSSR count). The third-order valence-electron chi connectivity index (χ3n) is 26.9. The Morgan fingerprint density at radius 3 is 0.697 bits per heavy atom. The number of hydrogen-bond donors (Lipinski definition) is 0. The lowest BCUT2D eigenvalue weighted by atomic mass is 9.29. The lowest BCUT2D eigenvalue weighted by molar-refractivity contribution is 0.465. The van der Waals surface area contributed by atoms with Crippen molar-refractivity contribution in [2.75, 3.05) is 9.80 Å². The Hall–Kier alpha value is -14.4. The Morgan fingerprint density at radius 2 is 0.410 bits per heavy atom. The SMILES string of the molecule is Cc1ccccc1N1c2cc3c(cc2B2c4cc5c(cc4N(c4ccccc4C)c4cc([Si](c6ccccc6)(c6ccccc6)c6ccccc6)cc1c42)Oc1cc([Si](c2ccccc2)(c2ccccc2)c2ccccc2)cc2c1B5c1ccccc1O2)B1c2ccccc2Oc2cc([Si](c4ccccc4)(c4ccccc4)c4ccccc4)cc(c21)O3. The summed E-state index contributed by atoms with van der Waals surface area (Å²) in [6.07, 6.45) is 0. The van der Waals surface area contributed by atoms with Crippen LogP contribution in [0.1, 0.15) is 11.1 Å². The van der Waals surface area contributed by atoms with E-state index in [2.05, 4.69) is 454 Å². The molecule has 0 aliphatic carbocycles. The van der Waals surface area contributed by atoms with Gasteiger partial charge in [0.05, 0.1) is 0 Å². The van der Waals surface area contributed by atoms with Crippen LogP contribution in [-0.4, -0.2) is 44.4 Å². The summed E-state index contributed by atoms with van der Waals surface area (Å²) >= 11 is 0. The molecule has 6 heterocycles. The standard InChI is InChI=1S/C110H77B3N2O4Si3/c1-74-38-30-34-60-94(74)114-96-72-102-92(111-88-58-32-36-62-100(88)116-104-66-86(68-106(118-102)109(104)111)121(79-46-18-6-19-47-79,80-48-20-7-21-49-80)81-50-22-8-23-51-81)70-90(96)113-91-71-93-103(119-107-69-87(67-105-110(107)112(93)89-59-33-37-63-101(89)117-105)122(82-52-24-9-25-53-82,83-54-26-10-27-55-83)84-56-28-11-29-57-84)73-97(91)115(95-61-35-31-39-75(95)2)99-65-85(64-98(114)108(99)113)120(76-40-12-3-13-41-76,77-42-14-4-15-43-77)78-44-16-5-17-45-78/h3-73H,1-2H3. The van der Waals surface area contributed by atoms with Gasteiger partial charge in [-0.3, -0.25) is 0 Å². The van der Waals surface area contributed by atoms with Gasteiger partial charge >= 0.3 is 0 Å². The van der Waals surface area contributed by atoms with Gasteiger partial charge in [0, 0.05) is 57.2 Å². The number of para-hydroxylation sites is 4. The fraction of sp³-hybridized carbons (Fsp3) is 0.0182. The van der Waals surface area contributed by atoms with Gasteiger partial charge in [-0.15, -0.1) is 0 Å². The van der Waals surface area contributed by atoms with Gasteiger partial charge in [0.25, 0.3) is 20.1 Å². The van der Waals surface area contributed by atoms with Gasteiger partial charge in [0.1, 0.15) is 46.0 Å². The molecule has 6 nitrogen and oxygen atoms in total. The minimum Gasteiger partial charge on any atom is -0.458 e. The largest absolute Gasteiger partial charge is 0.458 e. The normalized spacial score (nSPS) is 13.3. The van der Waals surface area contributed by atoms with Crippen LogP contribution in [0.25, 0.3) is 0 Å². The van der Waals surface area contributed by atoms with Crippen molar-refractivity contribution in [1.29, 1.82) is 0 Å². The molecule has 0 fully saturated rings. The number of anilines is 6. The molecule has 12 heteroatoms. The molecule has 0 saturated heterocycles. The fourth-order valence-corrected chi connectivity index (χ4v) is 36.2. The predicted octanol–water partition coefficient (Wildman–Crippen LogP) is 12.0. The molecule has 0 spiro atoms. The number of rotatable bonds is 14. The lowest BCUT2D eigenvalue weighted by Gasteiger charge is -2.47. The van der Waals surface area contributed by atoms with Gasteiger partial charge in [-0.1, -0.05) is 358 Å². The van der Waals surface area contributed by atoms with Crippen molar-refractivity contribution in [3.63, 3.8) is 0 Å². The number of fused-ring (bicyclic) bond motifs is 12.